The average molecular weight is 510 g/mol. The number of hydrogen-bond donors (Lipinski definition) is 0. The van der Waals surface area contributed by atoms with E-state index in [9.17, 15) is 4.57 Å². The van der Waals surface area contributed by atoms with Crippen molar-refractivity contribution in [3.05, 3.63) is 11.4 Å². The lowest BCUT2D eigenvalue weighted by Crippen LogP contribution is -2.39. The highest BCUT2D eigenvalue weighted by molar-refractivity contribution is 7.59. The quantitative estimate of drug-likeness (QED) is 0.212. The van der Waals surface area contributed by atoms with E-state index in [4.69, 9.17) is 33.7 Å². The first-order valence-electron chi connectivity index (χ1n) is 13.9. The van der Waals surface area contributed by atoms with Gasteiger partial charge in [0.1, 0.15) is 6.61 Å². The zero-order valence-corrected chi connectivity index (χ0v) is 22.1. The molecule has 0 aromatic rings. The van der Waals surface area contributed by atoms with Crippen molar-refractivity contribution in [2.24, 2.45) is 5.92 Å². The summed E-state index contributed by atoms with van der Waals surface area (Å²) in [4.78, 5) is 3.39. The van der Waals surface area contributed by atoms with Gasteiger partial charge in [0.2, 0.25) is 13.9 Å². The van der Waals surface area contributed by atoms with Gasteiger partial charge in [-0.25, -0.2) is 11.2 Å². The highest BCUT2D eigenvalue weighted by Crippen LogP contribution is 2.57. The molecule has 9 atom stereocenters. The summed E-state index contributed by atoms with van der Waals surface area (Å²) in [6, 6.07) is 0.332. The van der Waals surface area contributed by atoms with E-state index < -0.39 is 47.4 Å². The molecule has 3 rings (SSSR count). The van der Waals surface area contributed by atoms with Crippen molar-refractivity contribution in [3.8, 4) is 0 Å². The fourth-order valence-corrected chi connectivity index (χ4v) is 9.37. The molecule has 3 fully saturated rings. The molecule has 0 aromatic carbocycles. The Morgan fingerprint density at radius 1 is 1.24 bits per heavy atom. The molecule has 0 aromatic heterocycles. The first kappa shape index (κ1) is 23.3. The maximum atomic E-state index is 13.8. The average Bonchev–Trinajstić information content (AvgIpc) is 3.33. The first-order chi connectivity index (χ1) is 17.1. The lowest BCUT2D eigenvalue weighted by atomic mass is 9.95. The molecule has 10 heteroatoms. The van der Waals surface area contributed by atoms with E-state index in [0.29, 0.717) is 25.2 Å². The topological polar surface area (TPSA) is 70.8 Å². The molecular weight excluding hydrogens is 462 g/mol. The van der Waals surface area contributed by atoms with E-state index in [1.165, 1.54) is 0 Å². The van der Waals surface area contributed by atoms with Crippen molar-refractivity contribution in [3.63, 3.8) is 0 Å². The monoisotopic (exact) mass is 509 g/mol. The molecule has 33 heavy (non-hydrogen) atoms. The Morgan fingerprint density at radius 2 is 1.97 bits per heavy atom. The highest BCUT2D eigenvalue weighted by Gasteiger charge is 2.45. The summed E-state index contributed by atoms with van der Waals surface area (Å²) in [5, 5.41) is 0. The molecule has 0 saturated carbocycles. The Balaban J connectivity index is 1.72. The van der Waals surface area contributed by atoms with E-state index >= 15 is 0 Å². The predicted molar refractivity (Wildman–Crippen MR) is 131 cm³/mol. The van der Waals surface area contributed by atoms with E-state index in [1.807, 2.05) is 0 Å². The zero-order chi connectivity index (χ0) is 26.5. The summed E-state index contributed by atoms with van der Waals surface area (Å²) in [5.74, 6) is -0.0832. The minimum atomic E-state index is -3.01. The first-order valence-corrected chi connectivity index (χ1v) is 15.1. The summed E-state index contributed by atoms with van der Waals surface area (Å²) < 4.78 is 70.0. The largest absolute Gasteiger partial charge is 0.376 e. The van der Waals surface area contributed by atoms with E-state index in [2.05, 4.69) is 37.2 Å². The van der Waals surface area contributed by atoms with Crippen LogP contribution in [0.5, 0.6) is 0 Å². The van der Waals surface area contributed by atoms with Gasteiger partial charge in [0.25, 0.3) is 8.53 Å². The van der Waals surface area contributed by atoms with Gasteiger partial charge >= 0.3 is 0 Å². The Bertz CT molecular complexity index is 783. The predicted octanol–water partition coefficient (Wildman–Crippen LogP) is 5.32. The van der Waals surface area contributed by atoms with Gasteiger partial charge in [0, 0.05) is 38.9 Å². The van der Waals surface area contributed by atoms with Crippen molar-refractivity contribution >= 4 is 15.9 Å². The molecule has 3 saturated heterocycles. The highest BCUT2D eigenvalue weighted by atomic mass is 31.2. The normalized spacial score (nSPS) is 41.8. The van der Waals surface area contributed by atoms with Crippen molar-refractivity contribution in [2.45, 2.75) is 96.8 Å². The minimum absolute atomic E-state index is 0.0229. The molecular formula is C23H42N2O6P2. The molecule has 190 valence electrons. The molecule has 0 amide bonds. The summed E-state index contributed by atoms with van der Waals surface area (Å²) in [6.45, 7) is 14.4. The maximum absolute atomic E-state index is 13.8. The minimum Gasteiger partial charge on any atom is -0.376 e. The smallest absolute Gasteiger partial charge is 0.259 e. The van der Waals surface area contributed by atoms with Crippen LogP contribution >= 0.6 is 15.9 Å². The van der Waals surface area contributed by atoms with Gasteiger partial charge in [0.15, 0.2) is 0 Å². The molecule has 3 aliphatic heterocycles. The molecule has 0 N–H and O–H groups in total. The molecule has 8 nitrogen and oxygen atoms in total. The van der Waals surface area contributed by atoms with E-state index in [1.54, 1.807) is 0 Å². The van der Waals surface area contributed by atoms with Crippen molar-refractivity contribution in [2.75, 3.05) is 38.6 Å². The summed E-state index contributed by atoms with van der Waals surface area (Å²) in [7, 11) is -4.49. The van der Waals surface area contributed by atoms with E-state index in [0.717, 1.165) is 12.8 Å². The fraction of sp³-hybridized carbons (Fsp3) is 0.957. The number of nitrogens with zero attached hydrogens (tertiary/aromatic N) is 2. The molecule has 0 aliphatic carbocycles. The van der Waals surface area contributed by atoms with Gasteiger partial charge in [-0.3, -0.25) is 4.57 Å². The van der Waals surface area contributed by atoms with Crippen LogP contribution in [0.25, 0.3) is 4.85 Å². The van der Waals surface area contributed by atoms with Gasteiger partial charge in [-0.2, -0.15) is 0 Å². The number of rotatable bonds is 11. The van der Waals surface area contributed by atoms with Crippen molar-refractivity contribution in [1.82, 2.24) is 4.67 Å². The van der Waals surface area contributed by atoms with Crippen LogP contribution in [-0.4, -0.2) is 79.8 Å². The standard InChI is InChI=1S/C23H42N2O6P2/c1-17(2)25(18(3)4)32(29-14-11-24-6)30-22-10-13-28-23(22)20-8-7-15-33(26,16-20)31-21-9-12-27-19(21)5/h17-23H,7-16H2,1-5H3/t19-,20+,21+,22+,23-,32?,33-/m1/s1/i5D,12T,13T/t12-,13-,19+,20-,21-,22-,23+,32?,33+/m0. The molecule has 3 heterocycles. The number of hydrogen-bond acceptors (Lipinski definition) is 7. The van der Waals surface area contributed by atoms with Crippen LogP contribution < -0.4 is 0 Å². The zero-order valence-electron chi connectivity index (χ0n) is 23.3. The Morgan fingerprint density at radius 3 is 2.67 bits per heavy atom. The lowest BCUT2D eigenvalue weighted by Gasteiger charge is -2.39. The molecule has 0 bridgehead atoms. The molecule has 3 aliphatic rings. The second-order valence-electron chi connectivity index (χ2n) is 9.51. The Hall–Kier alpha value is -0.0900. The lowest BCUT2D eigenvalue weighted by molar-refractivity contribution is 0.00525. The second kappa shape index (κ2) is 12.7. The van der Waals surface area contributed by atoms with Gasteiger partial charge in [-0.05, 0) is 66.2 Å². The van der Waals surface area contributed by atoms with Crippen LogP contribution in [0.3, 0.4) is 0 Å². The Kier molecular flexibility index (Phi) is 9.01. The van der Waals surface area contributed by atoms with Crippen LogP contribution in [0.15, 0.2) is 0 Å². The Labute approximate surface area is 205 Å². The van der Waals surface area contributed by atoms with Crippen LogP contribution in [0.4, 0.5) is 0 Å². The number of ether oxygens (including phenoxy) is 2. The van der Waals surface area contributed by atoms with Gasteiger partial charge in [-0.1, -0.05) is 0 Å². The van der Waals surface area contributed by atoms with Crippen LogP contribution in [0.2, 0.25) is 0 Å². The third-order valence-corrected chi connectivity index (χ3v) is 11.1. The molecule has 1 unspecified atom stereocenters. The summed E-state index contributed by atoms with van der Waals surface area (Å²) >= 11 is 0. The van der Waals surface area contributed by atoms with Gasteiger partial charge < -0.3 is 27.9 Å². The van der Waals surface area contributed by atoms with Crippen molar-refractivity contribution < 1.29 is 31.7 Å². The van der Waals surface area contributed by atoms with Crippen LogP contribution in [0, 0.1) is 12.5 Å². The molecule has 0 radical (unpaired) electrons. The third kappa shape index (κ3) is 7.45. The van der Waals surface area contributed by atoms with Crippen molar-refractivity contribution in [1.29, 1.82) is 0 Å². The second-order valence-corrected chi connectivity index (χ2v) is 13.6. The summed E-state index contributed by atoms with van der Waals surface area (Å²) in [5.41, 5.74) is 0. The SMILES string of the molecule is [2H]C[C@H]1O[C@@H]([3H])C[C@@H]1O[P@]1(=O)CCC[C@H]([C@H]2O[C@@H]([3H])C[C@@H]2OP(OCC[N+]#[C-])N(C(C)C)C(C)C)C1. The molecule has 0 spiro atoms. The summed E-state index contributed by atoms with van der Waals surface area (Å²) in [6.07, 6.45) is 1.27. The third-order valence-electron chi connectivity index (χ3n) is 6.22. The van der Waals surface area contributed by atoms with Crippen LogP contribution in [-0.2, 0) is 27.6 Å². The van der Waals surface area contributed by atoms with Gasteiger partial charge in [-0.15, -0.1) is 0 Å². The maximum Gasteiger partial charge on any atom is 0.259 e. The van der Waals surface area contributed by atoms with Crippen LogP contribution in [0.1, 0.15) is 64.4 Å². The van der Waals surface area contributed by atoms with Gasteiger partial charge in [0.05, 0.1) is 27.2 Å². The fourth-order valence-electron chi connectivity index (χ4n) is 4.78. The van der Waals surface area contributed by atoms with E-state index in [-0.39, 0.29) is 44.2 Å².